The van der Waals surface area contributed by atoms with Crippen LogP contribution in [-0.4, -0.2) is 4.57 Å². The van der Waals surface area contributed by atoms with Gasteiger partial charge in [-0.05, 0) is 128 Å². The zero-order chi connectivity index (χ0) is 41.8. The summed E-state index contributed by atoms with van der Waals surface area (Å²) in [5.74, 6) is 0.384. The van der Waals surface area contributed by atoms with Crippen LogP contribution in [0.2, 0.25) is 0 Å². The van der Waals surface area contributed by atoms with Gasteiger partial charge in [-0.15, -0.1) is 11.3 Å². The number of fused-ring (bicyclic) bond motifs is 12. The average Bonchev–Trinajstić information content (AvgIpc) is 3.91. The lowest BCUT2D eigenvalue weighted by Crippen LogP contribution is -2.14. The zero-order valence-electron chi connectivity index (χ0n) is 35.5. The van der Waals surface area contributed by atoms with Crippen molar-refractivity contribution in [1.29, 1.82) is 0 Å². The standard InChI is InChI=1S/C61H45NS/c1-61(2)54-24-11-8-19-46(54)47-31-29-40(34-55(47)61)52-36-43(37-53-50-21-10-13-26-58(50)63-60(52)53)62-56-25-12-9-20-48(56)49-32-30-41(35-57(49)62)45-22-14-23-51-44-18-7-6-17-39(44)27-28-42(59(45)51)33-38-15-4-3-5-16-38/h3-26,29-32,34-37,42H,27-28,33H2,1-2H3. The van der Waals surface area contributed by atoms with Crippen LogP contribution in [0.25, 0.3) is 92.2 Å². The number of nitrogens with zero attached hydrogens (tertiary/aromatic N) is 1. The van der Waals surface area contributed by atoms with Crippen molar-refractivity contribution < 1.29 is 0 Å². The number of benzene rings is 9. The van der Waals surface area contributed by atoms with E-state index in [9.17, 15) is 0 Å². The van der Waals surface area contributed by atoms with Gasteiger partial charge in [-0.3, -0.25) is 0 Å². The lowest BCUT2D eigenvalue weighted by molar-refractivity contribution is 0.630. The number of thiophene rings is 1. The van der Waals surface area contributed by atoms with Crippen molar-refractivity contribution in [3.8, 4) is 50.2 Å². The lowest BCUT2D eigenvalue weighted by atomic mass is 9.81. The average molecular weight is 824 g/mol. The van der Waals surface area contributed by atoms with Gasteiger partial charge in [0, 0.05) is 47.6 Å². The second-order valence-corrected chi connectivity index (χ2v) is 19.4. The van der Waals surface area contributed by atoms with Gasteiger partial charge in [-0.2, -0.15) is 0 Å². The fraction of sp³-hybridized carbons (Fsp3) is 0.115. The van der Waals surface area contributed by atoms with Crippen molar-refractivity contribution in [3.63, 3.8) is 0 Å². The summed E-state index contributed by atoms with van der Waals surface area (Å²) in [7, 11) is 0. The molecule has 11 aromatic rings. The first kappa shape index (κ1) is 36.6. The van der Waals surface area contributed by atoms with Crippen molar-refractivity contribution in [3.05, 3.63) is 222 Å². The van der Waals surface area contributed by atoms with Crippen molar-refractivity contribution in [2.24, 2.45) is 0 Å². The molecule has 1 nitrogen and oxygen atoms in total. The molecule has 1 unspecified atom stereocenters. The highest BCUT2D eigenvalue weighted by Gasteiger charge is 2.35. The van der Waals surface area contributed by atoms with E-state index in [2.05, 4.69) is 213 Å². The fourth-order valence-electron chi connectivity index (χ4n) is 11.5. The van der Waals surface area contributed by atoms with E-state index in [1.165, 1.54) is 120 Å². The first-order chi connectivity index (χ1) is 31.0. The molecule has 0 bridgehead atoms. The van der Waals surface area contributed by atoms with E-state index >= 15 is 0 Å². The van der Waals surface area contributed by atoms with Gasteiger partial charge in [0.2, 0.25) is 0 Å². The van der Waals surface area contributed by atoms with Crippen LogP contribution < -0.4 is 0 Å². The van der Waals surface area contributed by atoms with Crippen LogP contribution in [0.1, 0.15) is 54.0 Å². The van der Waals surface area contributed by atoms with E-state index in [0.29, 0.717) is 5.92 Å². The van der Waals surface area contributed by atoms with Gasteiger partial charge in [-0.25, -0.2) is 0 Å². The molecule has 0 amide bonds. The van der Waals surface area contributed by atoms with Gasteiger partial charge in [-0.1, -0.05) is 172 Å². The molecule has 63 heavy (non-hydrogen) atoms. The highest BCUT2D eigenvalue weighted by Crippen LogP contribution is 2.51. The SMILES string of the molecule is CC1(C)c2ccccc2-c2ccc(-c3cc(-n4c5ccccc5c5ccc(-c6cccc7c6C(Cc6ccccc6)CCc6ccccc6-7)cc54)cc4c3sc3ccccc34)cc21. The van der Waals surface area contributed by atoms with E-state index in [1.807, 2.05) is 11.3 Å². The van der Waals surface area contributed by atoms with Crippen molar-refractivity contribution in [2.45, 2.75) is 44.4 Å². The normalized spacial score (nSPS) is 15.0. The monoisotopic (exact) mass is 823 g/mol. The molecule has 2 aliphatic rings. The molecule has 2 aromatic heterocycles. The van der Waals surface area contributed by atoms with Gasteiger partial charge in [0.25, 0.3) is 0 Å². The van der Waals surface area contributed by atoms with Crippen molar-refractivity contribution in [2.75, 3.05) is 0 Å². The Kier molecular flexibility index (Phi) is 8.15. The van der Waals surface area contributed by atoms with Gasteiger partial charge in [0.1, 0.15) is 0 Å². The highest BCUT2D eigenvalue weighted by molar-refractivity contribution is 7.26. The molecule has 0 radical (unpaired) electrons. The lowest BCUT2D eigenvalue weighted by Gasteiger charge is -2.23. The number of rotatable bonds is 5. The summed E-state index contributed by atoms with van der Waals surface area (Å²) in [4.78, 5) is 0. The molecule has 0 aliphatic heterocycles. The van der Waals surface area contributed by atoms with Gasteiger partial charge < -0.3 is 4.57 Å². The Morgan fingerprint density at radius 2 is 1.17 bits per heavy atom. The van der Waals surface area contributed by atoms with Crippen molar-refractivity contribution in [1.82, 2.24) is 4.57 Å². The summed E-state index contributed by atoms with van der Waals surface area (Å²) < 4.78 is 5.21. The largest absolute Gasteiger partial charge is 0.309 e. The maximum Gasteiger partial charge on any atom is 0.0547 e. The Morgan fingerprint density at radius 1 is 0.492 bits per heavy atom. The third kappa shape index (κ3) is 5.61. The van der Waals surface area contributed by atoms with Crippen LogP contribution in [0.3, 0.4) is 0 Å². The molecule has 0 spiro atoms. The first-order valence-electron chi connectivity index (χ1n) is 22.5. The molecule has 1 atom stereocenters. The summed E-state index contributed by atoms with van der Waals surface area (Å²) in [5.41, 5.74) is 21.3. The van der Waals surface area contributed by atoms with Gasteiger partial charge in [0.15, 0.2) is 0 Å². The van der Waals surface area contributed by atoms with Crippen molar-refractivity contribution >= 4 is 53.3 Å². The molecule has 13 rings (SSSR count). The van der Waals surface area contributed by atoms with Crippen LogP contribution in [0.5, 0.6) is 0 Å². The van der Waals surface area contributed by atoms with Crippen LogP contribution >= 0.6 is 11.3 Å². The number of hydrogen-bond acceptors (Lipinski definition) is 1. The third-order valence-corrected chi connectivity index (χ3v) is 15.7. The summed E-state index contributed by atoms with van der Waals surface area (Å²) in [6.45, 7) is 4.77. The van der Waals surface area contributed by atoms with Gasteiger partial charge >= 0.3 is 0 Å². The Hall–Kier alpha value is -7.00. The second kappa shape index (κ2) is 14.0. The number of hydrogen-bond donors (Lipinski definition) is 0. The molecular formula is C61H45NS. The number of aryl methyl sites for hydroxylation is 1. The molecule has 2 heterocycles. The Balaban J connectivity index is 1.05. The first-order valence-corrected chi connectivity index (χ1v) is 23.3. The molecule has 2 heteroatoms. The minimum absolute atomic E-state index is 0.0834. The molecule has 0 fully saturated rings. The molecule has 9 aromatic carbocycles. The molecule has 300 valence electrons. The fourth-order valence-corrected chi connectivity index (χ4v) is 12.7. The highest BCUT2D eigenvalue weighted by atomic mass is 32.1. The third-order valence-electron chi connectivity index (χ3n) is 14.5. The van der Waals surface area contributed by atoms with Crippen LogP contribution in [0.4, 0.5) is 0 Å². The Morgan fingerprint density at radius 3 is 2.08 bits per heavy atom. The second-order valence-electron chi connectivity index (χ2n) is 18.3. The topological polar surface area (TPSA) is 4.93 Å². The van der Waals surface area contributed by atoms with Crippen LogP contribution in [0.15, 0.2) is 194 Å². The molecule has 0 saturated heterocycles. The number of para-hydroxylation sites is 1. The van der Waals surface area contributed by atoms with Gasteiger partial charge in [0.05, 0.1) is 11.0 Å². The maximum absolute atomic E-state index is 2.55. The molecular weight excluding hydrogens is 779 g/mol. The minimum Gasteiger partial charge on any atom is -0.309 e. The maximum atomic E-state index is 2.55. The summed E-state index contributed by atoms with van der Waals surface area (Å²) in [5, 5.41) is 5.17. The molecule has 0 N–H and O–H groups in total. The van der Waals surface area contributed by atoms with E-state index in [1.54, 1.807) is 0 Å². The van der Waals surface area contributed by atoms with E-state index in [-0.39, 0.29) is 5.41 Å². The number of aromatic nitrogens is 1. The minimum atomic E-state index is -0.0834. The van der Waals surface area contributed by atoms with E-state index in [0.717, 1.165) is 19.3 Å². The molecule has 0 saturated carbocycles. The zero-order valence-corrected chi connectivity index (χ0v) is 36.3. The molecule has 2 aliphatic carbocycles. The van der Waals surface area contributed by atoms with Crippen LogP contribution in [-0.2, 0) is 18.3 Å². The van der Waals surface area contributed by atoms with E-state index < -0.39 is 0 Å². The smallest absolute Gasteiger partial charge is 0.0547 e. The summed E-state index contributed by atoms with van der Waals surface area (Å²) in [6.07, 6.45) is 3.21. The predicted octanol–water partition coefficient (Wildman–Crippen LogP) is 16.7. The van der Waals surface area contributed by atoms with E-state index in [4.69, 9.17) is 0 Å². The van der Waals surface area contributed by atoms with Crippen LogP contribution in [0, 0.1) is 0 Å². The summed E-state index contributed by atoms with van der Waals surface area (Å²) >= 11 is 1.92. The quantitative estimate of drug-likeness (QED) is 0.163. The predicted molar refractivity (Wildman–Crippen MR) is 269 cm³/mol. The Bertz CT molecular complexity index is 3640. The Labute approximate surface area is 372 Å². The summed E-state index contributed by atoms with van der Waals surface area (Å²) in [6, 6.07) is 73.6.